The Bertz CT molecular complexity index is 843. The van der Waals surface area contributed by atoms with Gasteiger partial charge in [-0.2, -0.15) is 0 Å². The summed E-state index contributed by atoms with van der Waals surface area (Å²) in [7, 11) is 0. The van der Waals surface area contributed by atoms with E-state index < -0.39 is 0 Å². The summed E-state index contributed by atoms with van der Waals surface area (Å²) in [6, 6.07) is 14.8. The van der Waals surface area contributed by atoms with Crippen LogP contribution >= 0.6 is 0 Å². The van der Waals surface area contributed by atoms with Crippen molar-refractivity contribution in [2.45, 2.75) is 19.4 Å². The Labute approximate surface area is 118 Å². The molecule has 0 spiro atoms. The SMILES string of the molecule is [O]Cc1cc2ccccc2c2ccc3c(c12)CCC=C3. The summed E-state index contributed by atoms with van der Waals surface area (Å²) in [5.41, 5.74) is 3.56. The van der Waals surface area contributed by atoms with Gasteiger partial charge < -0.3 is 0 Å². The molecule has 1 nitrogen and oxygen atoms in total. The van der Waals surface area contributed by atoms with Crippen LogP contribution in [0.5, 0.6) is 0 Å². The average Bonchev–Trinajstić information content (AvgIpc) is 2.53. The lowest BCUT2D eigenvalue weighted by Crippen LogP contribution is -1.99. The van der Waals surface area contributed by atoms with Crippen LogP contribution in [-0.2, 0) is 18.1 Å². The molecule has 0 aliphatic heterocycles. The summed E-state index contributed by atoms with van der Waals surface area (Å²) in [5, 5.41) is 16.5. The minimum atomic E-state index is -0.151. The Balaban J connectivity index is 2.23. The van der Waals surface area contributed by atoms with Crippen molar-refractivity contribution in [3.05, 3.63) is 65.2 Å². The molecule has 1 aliphatic rings. The maximum Gasteiger partial charge on any atom is 0.108 e. The third kappa shape index (κ3) is 1.60. The van der Waals surface area contributed by atoms with Crippen molar-refractivity contribution in [1.82, 2.24) is 0 Å². The van der Waals surface area contributed by atoms with Gasteiger partial charge in [0.25, 0.3) is 0 Å². The highest BCUT2D eigenvalue weighted by molar-refractivity contribution is 6.10. The first kappa shape index (κ1) is 11.7. The molecule has 0 heterocycles. The van der Waals surface area contributed by atoms with E-state index in [9.17, 15) is 5.11 Å². The minimum Gasteiger partial charge on any atom is -0.232 e. The van der Waals surface area contributed by atoms with Crippen molar-refractivity contribution < 1.29 is 5.11 Å². The fraction of sp³-hybridized carbons (Fsp3) is 0.158. The number of hydrogen-bond donors (Lipinski definition) is 0. The van der Waals surface area contributed by atoms with Crippen molar-refractivity contribution in [2.75, 3.05) is 0 Å². The van der Waals surface area contributed by atoms with Gasteiger partial charge in [0.1, 0.15) is 6.61 Å². The maximum absolute atomic E-state index is 11.7. The van der Waals surface area contributed by atoms with Crippen LogP contribution in [0.15, 0.2) is 48.5 Å². The van der Waals surface area contributed by atoms with E-state index in [0.29, 0.717) is 0 Å². The second kappa shape index (κ2) is 4.46. The van der Waals surface area contributed by atoms with Gasteiger partial charge in [-0.25, -0.2) is 5.11 Å². The third-order valence-corrected chi connectivity index (χ3v) is 4.26. The number of aryl methyl sites for hydroxylation is 1. The van der Waals surface area contributed by atoms with E-state index in [0.717, 1.165) is 23.8 Å². The molecule has 97 valence electrons. The zero-order valence-electron chi connectivity index (χ0n) is 11.2. The van der Waals surface area contributed by atoms with E-state index in [4.69, 9.17) is 0 Å². The summed E-state index contributed by atoms with van der Waals surface area (Å²) in [6.45, 7) is -0.151. The molecule has 4 rings (SSSR count). The Morgan fingerprint density at radius 3 is 2.80 bits per heavy atom. The fourth-order valence-corrected chi connectivity index (χ4v) is 3.36. The molecule has 1 heteroatoms. The van der Waals surface area contributed by atoms with Crippen LogP contribution < -0.4 is 0 Å². The van der Waals surface area contributed by atoms with E-state index in [2.05, 4.69) is 48.6 Å². The molecule has 1 radical (unpaired) electrons. The van der Waals surface area contributed by atoms with E-state index >= 15 is 0 Å². The van der Waals surface area contributed by atoms with E-state index in [1.165, 1.54) is 27.3 Å². The standard InChI is InChI=1S/C19H15O/c20-12-15-11-14-6-2-3-7-16(14)18-10-9-13-5-1-4-8-17(13)19(15)18/h1-3,5-7,9-11H,4,8,12H2. The molecule has 3 aromatic carbocycles. The summed E-state index contributed by atoms with van der Waals surface area (Å²) in [6.07, 6.45) is 6.50. The highest BCUT2D eigenvalue weighted by atomic mass is 16.3. The Hall–Kier alpha value is -2.12. The molecule has 0 fully saturated rings. The first-order valence-corrected chi connectivity index (χ1v) is 7.09. The second-order valence-electron chi connectivity index (χ2n) is 5.40. The van der Waals surface area contributed by atoms with E-state index in [-0.39, 0.29) is 6.61 Å². The molecular weight excluding hydrogens is 244 g/mol. The first-order chi connectivity index (χ1) is 9.88. The number of hydrogen-bond acceptors (Lipinski definition) is 0. The Morgan fingerprint density at radius 2 is 1.90 bits per heavy atom. The monoisotopic (exact) mass is 259 g/mol. The van der Waals surface area contributed by atoms with Crippen LogP contribution in [0.1, 0.15) is 23.1 Å². The normalized spacial score (nSPS) is 13.8. The number of rotatable bonds is 1. The van der Waals surface area contributed by atoms with Gasteiger partial charge in [-0.1, -0.05) is 48.6 Å². The van der Waals surface area contributed by atoms with Crippen molar-refractivity contribution in [2.24, 2.45) is 0 Å². The van der Waals surface area contributed by atoms with Crippen molar-refractivity contribution >= 4 is 27.6 Å². The van der Waals surface area contributed by atoms with Gasteiger partial charge in [-0.05, 0) is 57.1 Å². The summed E-state index contributed by atoms with van der Waals surface area (Å²) in [4.78, 5) is 0. The van der Waals surface area contributed by atoms with Crippen LogP contribution in [0.25, 0.3) is 27.6 Å². The minimum absolute atomic E-state index is 0.151. The zero-order chi connectivity index (χ0) is 13.5. The van der Waals surface area contributed by atoms with Gasteiger partial charge >= 0.3 is 0 Å². The van der Waals surface area contributed by atoms with Crippen LogP contribution in [-0.4, -0.2) is 0 Å². The quantitative estimate of drug-likeness (QED) is 0.555. The molecule has 0 saturated carbocycles. The van der Waals surface area contributed by atoms with Gasteiger partial charge in [-0.3, -0.25) is 0 Å². The lowest BCUT2D eigenvalue weighted by molar-refractivity contribution is 0.179. The molecule has 20 heavy (non-hydrogen) atoms. The predicted octanol–water partition coefficient (Wildman–Crippen LogP) is 4.88. The lowest BCUT2D eigenvalue weighted by atomic mass is 9.87. The number of fused-ring (bicyclic) bond motifs is 5. The first-order valence-electron chi connectivity index (χ1n) is 7.09. The summed E-state index contributed by atoms with van der Waals surface area (Å²) in [5.74, 6) is 0. The Morgan fingerprint density at radius 1 is 1.00 bits per heavy atom. The molecule has 3 aromatic rings. The topological polar surface area (TPSA) is 19.9 Å². The molecule has 1 aliphatic carbocycles. The van der Waals surface area contributed by atoms with Gasteiger partial charge in [0.05, 0.1) is 0 Å². The third-order valence-electron chi connectivity index (χ3n) is 4.26. The Kier molecular flexibility index (Phi) is 2.61. The number of allylic oxidation sites excluding steroid dienone is 1. The van der Waals surface area contributed by atoms with E-state index in [1.54, 1.807) is 0 Å². The largest absolute Gasteiger partial charge is 0.232 e. The fourth-order valence-electron chi connectivity index (χ4n) is 3.36. The molecule has 0 unspecified atom stereocenters. The molecule has 0 aromatic heterocycles. The molecule has 0 saturated heterocycles. The maximum atomic E-state index is 11.7. The lowest BCUT2D eigenvalue weighted by Gasteiger charge is -2.17. The van der Waals surface area contributed by atoms with Crippen LogP contribution in [0.2, 0.25) is 0 Å². The number of benzene rings is 3. The molecule has 0 N–H and O–H groups in total. The highest BCUT2D eigenvalue weighted by Crippen LogP contribution is 2.35. The van der Waals surface area contributed by atoms with Crippen molar-refractivity contribution in [3.8, 4) is 0 Å². The highest BCUT2D eigenvalue weighted by Gasteiger charge is 2.14. The average molecular weight is 259 g/mol. The predicted molar refractivity (Wildman–Crippen MR) is 83.2 cm³/mol. The molecule has 0 atom stereocenters. The van der Waals surface area contributed by atoms with Crippen LogP contribution in [0.4, 0.5) is 0 Å². The smallest absolute Gasteiger partial charge is 0.108 e. The van der Waals surface area contributed by atoms with Gasteiger partial charge in [0, 0.05) is 0 Å². The van der Waals surface area contributed by atoms with Crippen molar-refractivity contribution in [3.63, 3.8) is 0 Å². The molecule has 0 amide bonds. The van der Waals surface area contributed by atoms with Crippen LogP contribution in [0.3, 0.4) is 0 Å². The molecule has 0 bridgehead atoms. The second-order valence-corrected chi connectivity index (χ2v) is 5.40. The molecular formula is C19H15O. The van der Waals surface area contributed by atoms with Gasteiger partial charge in [-0.15, -0.1) is 0 Å². The zero-order valence-corrected chi connectivity index (χ0v) is 11.2. The summed E-state index contributed by atoms with van der Waals surface area (Å²) < 4.78 is 0. The van der Waals surface area contributed by atoms with Crippen molar-refractivity contribution in [1.29, 1.82) is 0 Å². The van der Waals surface area contributed by atoms with Gasteiger partial charge in [0.2, 0.25) is 0 Å². The van der Waals surface area contributed by atoms with Crippen LogP contribution in [0, 0.1) is 0 Å². The summed E-state index contributed by atoms with van der Waals surface area (Å²) >= 11 is 0. The van der Waals surface area contributed by atoms with E-state index in [1.807, 2.05) is 6.07 Å². The van der Waals surface area contributed by atoms with Gasteiger partial charge in [0.15, 0.2) is 0 Å².